The van der Waals surface area contributed by atoms with E-state index in [-0.39, 0.29) is 0 Å². The molecule has 1 aromatic heterocycles. The van der Waals surface area contributed by atoms with Crippen molar-refractivity contribution in [3.63, 3.8) is 0 Å². The van der Waals surface area contributed by atoms with Crippen LogP contribution in [-0.2, 0) is 6.54 Å². The number of halogens is 1. The van der Waals surface area contributed by atoms with Gasteiger partial charge in [-0.15, -0.1) is 11.3 Å². The van der Waals surface area contributed by atoms with Crippen LogP contribution in [0.15, 0.2) is 33.7 Å². The highest BCUT2D eigenvalue weighted by atomic mass is 79.9. The number of benzene rings is 1. The molecule has 140 valence electrons. The molecule has 0 aliphatic carbocycles. The summed E-state index contributed by atoms with van der Waals surface area (Å²) in [5, 5.41) is 7.99. The molecule has 2 N–H and O–H groups in total. The molecule has 1 atom stereocenters. The highest BCUT2D eigenvalue weighted by Crippen LogP contribution is 2.25. The van der Waals surface area contributed by atoms with E-state index in [4.69, 9.17) is 0 Å². The first-order chi connectivity index (χ1) is 12.5. The van der Waals surface area contributed by atoms with Crippen LogP contribution in [0.4, 0.5) is 5.69 Å². The summed E-state index contributed by atoms with van der Waals surface area (Å²) >= 11 is 5.24. The summed E-state index contributed by atoms with van der Waals surface area (Å²) in [5.41, 5.74) is 2.41. The number of aryl methyl sites for hydroxylation is 2. The van der Waals surface area contributed by atoms with Gasteiger partial charge in [-0.1, -0.05) is 15.9 Å². The van der Waals surface area contributed by atoms with Gasteiger partial charge < -0.3 is 15.5 Å². The van der Waals surface area contributed by atoms with Crippen molar-refractivity contribution in [3.8, 4) is 0 Å². The first-order valence-electron chi connectivity index (χ1n) is 8.93. The van der Waals surface area contributed by atoms with Crippen LogP contribution >= 0.6 is 27.3 Å². The van der Waals surface area contributed by atoms with Crippen LogP contribution in [0.25, 0.3) is 0 Å². The standard InChI is InChI=1S/C19H26BrN5S/c1-13-18(26-14(2)24-13)11-23-19(21-3)22-10-15-8-9-25(12-15)17-6-4-16(20)5-7-17/h4-7,15H,8-12H2,1-3H3,(H2,21,22,23). The van der Waals surface area contributed by atoms with Crippen molar-refractivity contribution in [1.82, 2.24) is 15.6 Å². The third kappa shape index (κ3) is 4.98. The van der Waals surface area contributed by atoms with E-state index < -0.39 is 0 Å². The van der Waals surface area contributed by atoms with Gasteiger partial charge in [0.1, 0.15) is 0 Å². The second-order valence-corrected chi connectivity index (χ2v) is 8.83. The van der Waals surface area contributed by atoms with Crippen molar-refractivity contribution in [3.05, 3.63) is 44.3 Å². The highest BCUT2D eigenvalue weighted by molar-refractivity contribution is 9.10. The Hall–Kier alpha value is -1.60. The van der Waals surface area contributed by atoms with Gasteiger partial charge in [-0.25, -0.2) is 4.98 Å². The first-order valence-corrected chi connectivity index (χ1v) is 10.5. The number of aliphatic imine (C=N–C) groups is 1. The number of hydrogen-bond acceptors (Lipinski definition) is 4. The molecule has 0 amide bonds. The van der Waals surface area contributed by atoms with E-state index in [0.29, 0.717) is 5.92 Å². The van der Waals surface area contributed by atoms with Crippen LogP contribution in [0, 0.1) is 19.8 Å². The van der Waals surface area contributed by atoms with Crippen LogP contribution in [0.1, 0.15) is 22.0 Å². The van der Waals surface area contributed by atoms with Crippen molar-refractivity contribution in [2.24, 2.45) is 10.9 Å². The fraction of sp³-hybridized carbons (Fsp3) is 0.474. The monoisotopic (exact) mass is 435 g/mol. The van der Waals surface area contributed by atoms with Gasteiger partial charge in [0.2, 0.25) is 0 Å². The molecule has 1 aliphatic heterocycles. The molecule has 0 radical (unpaired) electrons. The van der Waals surface area contributed by atoms with Gasteiger partial charge >= 0.3 is 0 Å². The van der Waals surface area contributed by atoms with Crippen molar-refractivity contribution < 1.29 is 0 Å². The number of nitrogens with one attached hydrogen (secondary N) is 2. The summed E-state index contributed by atoms with van der Waals surface area (Å²) in [5.74, 6) is 1.49. The first kappa shape index (κ1) is 19.2. The molecule has 0 saturated carbocycles. The van der Waals surface area contributed by atoms with Gasteiger partial charge in [-0.05, 0) is 50.5 Å². The smallest absolute Gasteiger partial charge is 0.191 e. The van der Waals surface area contributed by atoms with Gasteiger partial charge in [0.25, 0.3) is 0 Å². The van der Waals surface area contributed by atoms with Gasteiger partial charge in [-0.3, -0.25) is 4.99 Å². The SMILES string of the molecule is CN=C(NCc1sc(C)nc1C)NCC1CCN(c2ccc(Br)cc2)C1. The maximum absolute atomic E-state index is 4.48. The maximum Gasteiger partial charge on any atom is 0.191 e. The van der Waals surface area contributed by atoms with E-state index in [1.54, 1.807) is 11.3 Å². The number of aromatic nitrogens is 1. The van der Waals surface area contributed by atoms with Crippen molar-refractivity contribution in [2.75, 3.05) is 31.6 Å². The average Bonchev–Trinajstić information content (AvgIpc) is 3.22. The Morgan fingerprint density at radius 2 is 2.08 bits per heavy atom. The predicted molar refractivity (Wildman–Crippen MR) is 114 cm³/mol. The highest BCUT2D eigenvalue weighted by Gasteiger charge is 2.22. The molecule has 0 spiro atoms. The molecule has 0 bridgehead atoms. The number of guanidine groups is 1. The summed E-state index contributed by atoms with van der Waals surface area (Å²) in [4.78, 5) is 12.6. The molecule has 1 saturated heterocycles. The second kappa shape index (κ2) is 8.86. The summed E-state index contributed by atoms with van der Waals surface area (Å²) in [6.45, 7) is 8.01. The summed E-state index contributed by atoms with van der Waals surface area (Å²) in [6.07, 6.45) is 1.20. The van der Waals surface area contributed by atoms with Gasteiger partial charge in [0.05, 0.1) is 17.2 Å². The number of rotatable bonds is 5. The van der Waals surface area contributed by atoms with E-state index in [1.807, 2.05) is 14.0 Å². The fourth-order valence-electron chi connectivity index (χ4n) is 3.25. The zero-order valence-electron chi connectivity index (χ0n) is 15.6. The van der Waals surface area contributed by atoms with Gasteiger partial charge in [0.15, 0.2) is 5.96 Å². The Labute approximate surface area is 168 Å². The Balaban J connectivity index is 1.45. The van der Waals surface area contributed by atoms with E-state index >= 15 is 0 Å². The van der Waals surface area contributed by atoms with Gasteiger partial charge in [0, 0.05) is 41.7 Å². The van der Waals surface area contributed by atoms with E-state index in [9.17, 15) is 0 Å². The molecular weight excluding hydrogens is 410 g/mol. The lowest BCUT2D eigenvalue weighted by molar-refractivity contribution is 0.566. The molecule has 1 fully saturated rings. The molecule has 2 heterocycles. The summed E-state index contributed by atoms with van der Waals surface area (Å²) in [7, 11) is 1.82. The van der Waals surface area contributed by atoms with Crippen LogP contribution in [0.5, 0.6) is 0 Å². The van der Waals surface area contributed by atoms with Crippen molar-refractivity contribution >= 4 is 38.9 Å². The predicted octanol–water partition coefficient (Wildman–Crippen LogP) is 3.71. The zero-order valence-corrected chi connectivity index (χ0v) is 18.0. The summed E-state index contributed by atoms with van der Waals surface area (Å²) < 4.78 is 1.12. The van der Waals surface area contributed by atoms with Crippen molar-refractivity contribution in [2.45, 2.75) is 26.8 Å². The Morgan fingerprint density at radius 3 is 2.73 bits per heavy atom. The third-order valence-electron chi connectivity index (χ3n) is 4.68. The maximum atomic E-state index is 4.48. The second-order valence-electron chi connectivity index (χ2n) is 6.63. The quantitative estimate of drug-likeness (QED) is 0.554. The summed E-state index contributed by atoms with van der Waals surface area (Å²) in [6, 6.07) is 8.57. The van der Waals surface area contributed by atoms with Crippen LogP contribution in [-0.4, -0.2) is 37.6 Å². The molecule has 5 nitrogen and oxygen atoms in total. The van der Waals surface area contributed by atoms with E-state index in [2.05, 4.69) is 72.6 Å². The van der Waals surface area contributed by atoms with E-state index in [1.165, 1.54) is 17.0 Å². The number of anilines is 1. The molecule has 1 aromatic carbocycles. The number of hydrogen-bond donors (Lipinski definition) is 2. The Kier molecular flexibility index (Phi) is 6.53. The van der Waals surface area contributed by atoms with Crippen LogP contribution < -0.4 is 15.5 Å². The largest absolute Gasteiger partial charge is 0.371 e. The fourth-order valence-corrected chi connectivity index (χ4v) is 4.39. The normalized spacial score (nSPS) is 17.6. The molecule has 2 aromatic rings. The topological polar surface area (TPSA) is 52.6 Å². The zero-order chi connectivity index (χ0) is 18.5. The minimum Gasteiger partial charge on any atom is -0.371 e. The Morgan fingerprint density at radius 1 is 1.31 bits per heavy atom. The number of nitrogens with zero attached hydrogens (tertiary/aromatic N) is 3. The molecule has 7 heteroatoms. The van der Waals surface area contributed by atoms with Crippen LogP contribution in [0.3, 0.4) is 0 Å². The lowest BCUT2D eigenvalue weighted by Crippen LogP contribution is -2.39. The Bertz CT molecular complexity index is 756. The number of thiazole rings is 1. The van der Waals surface area contributed by atoms with Crippen molar-refractivity contribution in [1.29, 1.82) is 0 Å². The average molecular weight is 436 g/mol. The van der Waals surface area contributed by atoms with E-state index in [0.717, 1.165) is 47.3 Å². The molecule has 1 aliphatic rings. The minimum atomic E-state index is 0.629. The lowest BCUT2D eigenvalue weighted by atomic mass is 10.1. The molecule has 3 rings (SSSR count). The third-order valence-corrected chi connectivity index (χ3v) is 6.28. The molecule has 26 heavy (non-hydrogen) atoms. The van der Waals surface area contributed by atoms with Crippen LogP contribution in [0.2, 0.25) is 0 Å². The minimum absolute atomic E-state index is 0.629. The molecule has 1 unspecified atom stereocenters. The van der Waals surface area contributed by atoms with Gasteiger partial charge in [-0.2, -0.15) is 0 Å². The molecular formula is C19H26BrN5S. The lowest BCUT2D eigenvalue weighted by Gasteiger charge is -2.19.